The highest BCUT2D eigenvalue weighted by molar-refractivity contribution is 9.10. The molecule has 0 aliphatic rings. The molecule has 0 spiro atoms. The van der Waals surface area contributed by atoms with Crippen LogP contribution in [0.25, 0.3) is 0 Å². The minimum atomic E-state index is -0.745. The summed E-state index contributed by atoms with van der Waals surface area (Å²) in [6.45, 7) is 6.44. The number of hydrazone groups is 1. The zero-order valence-electron chi connectivity index (χ0n) is 20.8. The molecule has 2 N–H and O–H groups in total. The van der Waals surface area contributed by atoms with Gasteiger partial charge in [0.1, 0.15) is 12.6 Å². The van der Waals surface area contributed by atoms with Gasteiger partial charge in [-0.25, -0.2) is 5.43 Å². The van der Waals surface area contributed by atoms with Gasteiger partial charge >= 0.3 is 0 Å². The van der Waals surface area contributed by atoms with Gasteiger partial charge in [-0.1, -0.05) is 60.1 Å². The Hall–Kier alpha value is -3.17. The third-order valence-corrected chi connectivity index (χ3v) is 6.41. The average Bonchev–Trinajstić information content (AvgIpc) is 2.88. The van der Waals surface area contributed by atoms with Gasteiger partial charge in [0.25, 0.3) is 11.8 Å². The number of carbonyl (C=O) groups excluding carboxylic acids is 2. The molecule has 0 aromatic heterocycles. The number of hydrogen-bond donors (Lipinski definition) is 2. The first-order chi connectivity index (χ1) is 17.8. The van der Waals surface area contributed by atoms with E-state index in [1.165, 1.54) is 6.21 Å². The second-order valence-electron chi connectivity index (χ2n) is 8.47. The van der Waals surface area contributed by atoms with E-state index in [1.807, 2.05) is 57.2 Å². The topological polar surface area (TPSA) is 89.0 Å². The first-order valence-electron chi connectivity index (χ1n) is 11.8. The van der Waals surface area contributed by atoms with E-state index < -0.39 is 11.9 Å². The zero-order valence-corrected chi connectivity index (χ0v) is 24.0. The molecule has 3 rings (SSSR count). The summed E-state index contributed by atoms with van der Waals surface area (Å²) in [6.07, 6.45) is 1.51. The van der Waals surface area contributed by atoms with E-state index in [9.17, 15) is 9.59 Å². The van der Waals surface area contributed by atoms with Crippen LogP contribution < -0.4 is 20.2 Å². The normalized spacial score (nSPS) is 11.8. The Labute approximate surface area is 233 Å². The van der Waals surface area contributed by atoms with Gasteiger partial charge in [0, 0.05) is 10.0 Å². The zero-order chi connectivity index (χ0) is 26.8. The Kier molecular flexibility index (Phi) is 10.7. The van der Waals surface area contributed by atoms with E-state index in [0.29, 0.717) is 40.3 Å². The van der Waals surface area contributed by atoms with Crippen molar-refractivity contribution < 1.29 is 19.1 Å². The van der Waals surface area contributed by atoms with Gasteiger partial charge in [-0.15, -0.1) is 0 Å². The fourth-order valence-corrected chi connectivity index (χ4v) is 4.23. The van der Waals surface area contributed by atoms with E-state index in [4.69, 9.17) is 9.47 Å². The average molecular weight is 631 g/mol. The molecule has 0 saturated heterocycles. The van der Waals surface area contributed by atoms with E-state index >= 15 is 0 Å². The highest BCUT2D eigenvalue weighted by atomic mass is 79.9. The summed E-state index contributed by atoms with van der Waals surface area (Å²) in [4.78, 5) is 25.3. The summed E-state index contributed by atoms with van der Waals surface area (Å²) >= 11 is 6.99. The molecule has 9 heteroatoms. The standard InChI is InChI=1S/C28H29Br2N3O4/c1-4-36-24-15-20(14-23(30)26(24)37-17-19-10-12-22(29)13-11-19)16-31-33-28(35)25(18(2)3)32-27(34)21-8-6-5-7-9-21/h5-16,18,25H,4,17H2,1-3H3,(H,32,34)(H,33,35)/b31-16+. The van der Waals surface area contributed by atoms with Crippen molar-refractivity contribution in [3.05, 3.63) is 92.4 Å². The van der Waals surface area contributed by atoms with Crippen LogP contribution in [-0.4, -0.2) is 30.7 Å². The molecule has 0 radical (unpaired) electrons. The second-order valence-corrected chi connectivity index (χ2v) is 10.2. The lowest BCUT2D eigenvalue weighted by atomic mass is 10.0. The molecule has 3 aromatic carbocycles. The summed E-state index contributed by atoms with van der Waals surface area (Å²) in [7, 11) is 0. The van der Waals surface area contributed by atoms with Crippen LogP contribution in [0.4, 0.5) is 0 Å². The molecule has 0 aliphatic carbocycles. The summed E-state index contributed by atoms with van der Waals surface area (Å²) in [5.74, 6) is 0.270. The van der Waals surface area contributed by atoms with Crippen molar-refractivity contribution in [2.24, 2.45) is 11.0 Å². The molecule has 3 aromatic rings. The first-order valence-corrected chi connectivity index (χ1v) is 13.4. The number of carbonyl (C=O) groups is 2. The number of halogens is 2. The van der Waals surface area contributed by atoms with Crippen LogP contribution in [-0.2, 0) is 11.4 Å². The Morgan fingerprint density at radius 3 is 2.35 bits per heavy atom. The molecule has 0 fully saturated rings. The van der Waals surface area contributed by atoms with Crippen molar-refractivity contribution in [3.8, 4) is 11.5 Å². The summed E-state index contributed by atoms with van der Waals surface area (Å²) in [6, 6.07) is 19.5. The maximum atomic E-state index is 12.8. The predicted octanol–water partition coefficient (Wildman–Crippen LogP) is 6.09. The van der Waals surface area contributed by atoms with Gasteiger partial charge in [-0.3, -0.25) is 9.59 Å². The minimum absolute atomic E-state index is 0.135. The maximum absolute atomic E-state index is 12.8. The van der Waals surface area contributed by atoms with Crippen LogP contribution in [0, 0.1) is 5.92 Å². The lowest BCUT2D eigenvalue weighted by Crippen LogP contribution is -2.48. The van der Waals surface area contributed by atoms with Crippen LogP contribution in [0.3, 0.4) is 0 Å². The molecule has 0 aliphatic heterocycles. The van der Waals surface area contributed by atoms with Crippen molar-refractivity contribution in [1.82, 2.24) is 10.7 Å². The molecule has 7 nitrogen and oxygen atoms in total. The van der Waals surface area contributed by atoms with Gasteiger partial charge in [-0.05, 0) is 76.3 Å². The van der Waals surface area contributed by atoms with Crippen molar-refractivity contribution in [2.45, 2.75) is 33.4 Å². The maximum Gasteiger partial charge on any atom is 0.262 e. The van der Waals surface area contributed by atoms with Crippen molar-refractivity contribution in [3.63, 3.8) is 0 Å². The fourth-order valence-electron chi connectivity index (χ4n) is 3.39. The summed E-state index contributed by atoms with van der Waals surface area (Å²) in [5.41, 5.74) is 4.73. The lowest BCUT2D eigenvalue weighted by molar-refractivity contribution is -0.123. The third-order valence-electron chi connectivity index (χ3n) is 5.29. The van der Waals surface area contributed by atoms with Crippen molar-refractivity contribution in [2.75, 3.05) is 6.61 Å². The first kappa shape index (κ1) is 28.4. The largest absolute Gasteiger partial charge is 0.490 e. The Balaban J connectivity index is 1.67. The number of hydrogen-bond acceptors (Lipinski definition) is 5. The lowest BCUT2D eigenvalue weighted by Gasteiger charge is -2.20. The van der Waals surface area contributed by atoms with Crippen LogP contribution in [0.15, 0.2) is 80.8 Å². The number of benzene rings is 3. The molecule has 0 bridgehead atoms. The Bertz CT molecular complexity index is 1230. The number of nitrogens with zero attached hydrogens (tertiary/aromatic N) is 1. The van der Waals surface area contributed by atoms with Crippen molar-refractivity contribution >= 4 is 49.9 Å². The third kappa shape index (κ3) is 8.43. The van der Waals surface area contributed by atoms with Crippen LogP contribution >= 0.6 is 31.9 Å². The molecule has 1 unspecified atom stereocenters. The van der Waals surface area contributed by atoms with Crippen LogP contribution in [0.5, 0.6) is 11.5 Å². The van der Waals surface area contributed by atoms with Crippen molar-refractivity contribution in [1.29, 1.82) is 0 Å². The predicted molar refractivity (Wildman–Crippen MR) is 152 cm³/mol. The number of nitrogens with one attached hydrogen (secondary N) is 2. The van der Waals surface area contributed by atoms with Gasteiger partial charge in [0.15, 0.2) is 11.5 Å². The Morgan fingerprint density at radius 2 is 1.70 bits per heavy atom. The molecule has 1 atom stereocenters. The molecule has 0 heterocycles. The molecule has 194 valence electrons. The van der Waals surface area contributed by atoms with Crippen LogP contribution in [0.2, 0.25) is 0 Å². The number of ether oxygens (including phenoxy) is 2. The highest BCUT2D eigenvalue weighted by Gasteiger charge is 2.24. The molecular weight excluding hydrogens is 602 g/mol. The minimum Gasteiger partial charge on any atom is -0.490 e. The molecule has 2 amide bonds. The fraction of sp³-hybridized carbons (Fsp3) is 0.250. The Morgan fingerprint density at radius 1 is 1.00 bits per heavy atom. The molecule has 37 heavy (non-hydrogen) atoms. The quantitative estimate of drug-likeness (QED) is 0.198. The van der Waals surface area contributed by atoms with Gasteiger partial charge in [0.2, 0.25) is 0 Å². The highest BCUT2D eigenvalue weighted by Crippen LogP contribution is 2.37. The van der Waals surface area contributed by atoms with E-state index in [1.54, 1.807) is 30.3 Å². The SMILES string of the molecule is CCOc1cc(/C=N/NC(=O)C(NC(=O)c2ccccc2)C(C)C)cc(Br)c1OCc1ccc(Br)cc1. The van der Waals surface area contributed by atoms with Gasteiger partial charge < -0.3 is 14.8 Å². The molecule has 0 saturated carbocycles. The second kappa shape index (κ2) is 13.9. The smallest absolute Gasteiger partial charge is 0.262 e. The number of rotatable bonds is 11. The van der Waals surface area contributed by atoms with Crippen LogP contribution in [0.1, 0.15) is 42.3 Å². The summed E-state index contributed by atoms with van der Waals surface area (Å²) < 4.78 is 13.5. The van der Waals surface area contributed by atoms with Gasteiger partial charge in [0.05, 0.1) is 17.3 Å². The van der Waals surface area contributed by atoms with E-state index in [2.05, 4.69) is 47.7 Å². The van der Waals surface area contributed by atoms with E-state index in [0.717, 1.165) is 10.0 Å². The van der Waals surface area contributed by atoms with Gasteiger partial charge in [-0.2, -0.15) is 5.10 Å². The summed E-state index contributed by atoms with van der Waals surface area (Å²) in [5, 5.41) is 6.88. The number of amides is 2. The molecular formula is C28H29Br2N3O4. The van der Waals surface area contributed by atoms with E-state index in [-0.39, 0.29) is 11.8 Å². The monoisotopic (exact) mass is 629 g/mol.